The standard InChI is InChI=1S/C16H19NO/c1-11(2)8-9-16(18)14-10-12(3)17-15-7-5-4-6-13(14)15/h4-7,10,16,18H,1,8-9H2,2-3H3. The van der Waals surface area contributed by atoms with Crippen LogP contribution in [0.3, 0.4) is 0 Å². The SMILES string of the molecule is C=C(C)CCC(O)c1cc(C)nc2ccccc12. The van der Waals surface area contributed by atoms with Gasteiger partial charge in [-0.2, -0.15) is 0 Å². The predicted octanol–water partition coefficient (Wildman–Crippen LogP) is 3.93. The number of para-hydroxylation sites is 1. The summed E-state index contributed by atoms with van der Waals surface area (Å²) < 4.78 is 0. The van der Waals surface area contributed by atoms with Crippen molar-refractivity contribution in [1.82, 2.24) is 4.98 Å². The fourth-order valence-electron chi connectivity index (χ4n) is 2.15. The Morgan fingerprint density at radius 2 is 2.11 bits per heavy atom. The van der Waals surface area contributed by atoms with Gasteiger partial charge in [0.15, 0.2) is 0 Å². The number of benzene rings is 1. The van der Waals surface area contributed by atoms with Crippen molar-refractivity contribution in [3.8, 4) is 0 Å². The third kappa shape index (κ3) is 2.77. The van der Waals surface area contributed by atoms with Gasteiger partial charge in [0.1, 0.15) is 0 Å². The number of fused-ring (bicyclic) bond motifs is 1. The third-order valence-electron chi connectivity index (χ3n) is 3.08. The molecule has 2 heteroatoms. The Kier molecular flexibility index (Phi) is 3.78. The molecule has 0 aliphatic rings. The molecule has 1 unspecified atom stereocenters. The van der Waals surface area contributed by atoms with Crippen LogP contribution in [0.1, 0.15) is 37.1 Å². The number of nitrogens with zero attached hydrogens (tertiary/aromatic N) is 1. The van der Waals surface area contributed by atoms with E-state index in [1.807, 2.05) is 44.2 Å². The van der Waals surface area contributed by atoms with Crippen molar-refractivity contribution in [1.29, 1.82) is 0 Å². The molecule has 0 fully saturated rings. The van der Waals surface area contributed by atoms with Crippen LogP contribution in [0.5, 0.6) is 0 Å². The molecule has 0 amide bonds. The van der Waals surface area contributed by atoms with E-state index in [9.17, 15) is 5.11 Å². The molecule has 0 bridgehead atoms. The summed E-state index contributed by atoms with van der Waals surface area (Å²) in [6, 6.07) is 9.93. The topological polar surface area (TPSA) is 33.1 Å². The van der Waals surface area contributed by atoms with Gasteiger partial charge in [0.05, 0.1) is 11.6 Å². The molecule has 0 aliphatic heterocycles. The van der Waals surface area contributed by atoms with E-state index in [4.69, 9.17) is 0 Å². The van der Waals surface area contributed by atoms with E-state index in [1.54, 1.807) is 0 Å². The van der Waals surface area contributed by atoms with Crippen molar-refractivity contribution < 1.29 is 5.11 Å². The Bertz CT molecular complexity index is 574. The Hall–Kier alpha value is -1.67. The van der Waals surface area contributed by atoms with Gasteiger partial charge in [0, 0.05) is 11.1 Å². The minimum absolute atomic E-state index is 0.451. The first-order valence-electron chi connectivity index (χ1n) is 6.26. The van der Waals surface area contributed by atoms with E-state index in [0.29, 0.717) is 6.42 Å². The number of allylic oxidation sites excluding steroid dienone is 1. The zero-order valence-electron chi connectivity index (χ0n) is 11.0. The van der Waals surface area contributed by atoms with Crippen molar-refractivity contribution in [2.75, 3.05) is 0 Å². The highest BCUT2D eigenvalue weighted by Crippen LogP contribution is 2.27. The molecule has 0 radical (unpaired) electrons. The number of aryl methyl sites for hydroxylation is 1. The second kappa shape index (κ2) is 5.32. The highest BCUT2D eigenvalue weighted by Gasteiger charge is 2.12. The molecule has 1 heterocycles. The molecule has 0 saturated heterocycles. The molecule has 1 aromatic heterocycles. The maximum Gasteiger partial charge on any atom is 0.0800 e. The largest absolute Gasteiger partial charge is 0.388 e. The Morgan fingerprint density at radius 1 is 1.39 bits per heavy atom. The highest BCUT2D eigenvalue weighted by molar-refractivity contribution is 5.82. The first kappa shape index (κ1) is 12.8. The first-order chi connectivity index (χ1) is 8.58. The smallest absolute Gasteiger partial charge is 0.0800 e. The molecular formula is C16H19NO. The number of rotatable bonds is 4. The second-order valence-electron chi connectivity index (χ2n) is 4.88. The van der Waals surface area contributed by atoms with Gasteiger partial charge in [-0.25, -0.2) is 0 Å². The van der Waals surface area contributed by atoms with Gasteiger partial charge in [-0.05, 0) is 44.4 Å². The van der Waals surface area contributed by atoms with Gasteiger partial charge in [0.2, 0.25) is 0 Å². The van der Waals surface area contributed by atoms with E-state index in [2.05, 4.69) is 11.6 Å². The lowest BCUT2D eigenvalue weighted by molar-refractivity contribution is 0.169. The summed E-state index contributed by atoms with van der Waals surface area (Å²) >= 11 is 0. The van der Waals surface area contributed by atoms with Crippen LogP contribution in [0.15, 0.2) is 42.5 Å². The van der Waals surface area contributed by atoms with Gasteiger partial charge in [-0.3, -0.25) is 4.98 Å². The lowest BCUT2D eigenvalue weighted by Crippen LogP contribution is -2.01. The van der Waals surface area contributed by atoms with Gasteiger partial charge >= 0.3 is 0 Å². The lowest BCUT2D eigenvalue weighted by Gasteiger charge is -2.14. The summed E-state index contributed by atoms with van der Waals surface area (Å²) in [6.45, 7) is 7.83. The van der Waals surface area contributed by atoms with E-state index >= 15 is 0 Å². The Labute approximate surface area is 108 Å². The van der Waals surface area contributed by atoms with Gasteiger partial charge in [-0.1, -0.05) is 23.8 Å². The molecule has 0 aliphatic carbocycles. The maximum absolute atomic E-state index is 10.3. The minimum Gasteiger partial charge on any atom is -0.388 e. The Morgan fingerprint density at radius 3 is 2.83 bits per heavy atom. The van der Waals surface area contributed by atoms with E-state index in [0.717, 1.165) is 34.2 Å². The van der Waals surface area contributed by atoms with Crippen LogP contribution in [0.2, 0.25) is 0 Å². The summed E-state index contributed by atoms with van der Waals surface area (Å²) in [5, 5.41) is 11.4. The first-order valence-corrected chi connectivity index (χ1v) is 6.26. The average molecular weight is 241 g/mol. The minimum atomic E-state index is -0.451. The molecule has 1 aromatic carbocycles. The molecule has 94 valence electrons. The fourth-order valence-corrected chi connectivity index (χ4v) is 2.15. The number of hydrogen-bond acceptors (Lipinski definition) is 2. The number of hydrogen-bond donors (Lipinski definition) is 1. The fraction of sp³-hybridized carbons (Fsp3) is 0.312. The summed E-state index contributed by atoms with van der Waals surface area (Å²) in [5.74, 6) is 0. The van der Waals surface area contributed by atoms with Crippen molar-refractivity contribution in [3.05, 3.63) is 53.7 Å². The number of aliphatic hydroxyl groups is 1. The van der Waals surface area contributed by atoms with Crippen LogP contribution in [-0.4, -0.2) is 10.1 Å². The molecule has 18 heavy (non-hydrogen) atoms. The van der Waals surface area contributed by atoms with Crippen LogP contribution in [-0.2, 0) is 0 Å². The molecule has 2 aromatic rings. The van der Waals surface area contributed by atoms with Crippen LogP contribution in [0.4, 0.5) is 0 Å². The molecule has 2 rings (SSSR count). The monoisotopic (exact) mass is 241 g/mol. The quantitative estimate of drug-likeness (QED) is 0.823. The van der Waals surface area contributed by atoms with Gasteiger partial charge < -0.3 is 5.11 Å². The molecule has 1 N–H and O–H groups in total. The summed E-state index contributed by atoms with van der Waals surface area (Å²) in [5.41, 5.74) is 3.96. The van der Waals surface area contributed by atoms with Crippen molar-refractivity contribution in [3.63, 3.8) is 0 Å². The van der Waals surface area contributed by atoms with Crippen molar-refractivity contribution in [2.45, 2.75) is 32.8 Å². The zero-order valence-corrected chi connectivity index (χ0v) is 11.0. The maximum atomic E-state index is 10.3. The highest BCUT2D eigenvalue weighted by atomic mass is 16.3. The average Bonchev–Trinajstić information content (AvgIpc) is 2.34. The zero-order chi connectivity index (χ0) is 13.1. The molecular weight excluding hydrogens is 222 g/mol. The normalized spacial score (nSPS) is 12.6. The predicted molar refractivity (Wildman–Crippen MR) is 75.5 cm³/mol. The summed E-state index contributed by atoms with van der Waals surface area (Å²) in [7, 11) is 0. The number of aromatic nitrogens is 1. The Balaban J connectivity index is 2.39. The third-order valence-corrected chi connectivity index (χ3v) is 3.08. The molecule has 1 atom stereocenters. The molecule has 2 nitrogen and oxygen atoms in total. The van der Waals surface area contributed by atoms with Crippen LogP contribution >= 0.6 is 0 Å². The van der Waals surface area contributed by atoms with Crippen LogP contribution in [0.25, 0.3) is 10.9 Å². The summed E-state index contributed by atoms with van der Waals surface area (Å²) in [4.78, 5) is 4.49. The molecule has 0 spiro atoms. The van der Waals surface area contributed by atoms with E-state index in [1.165, 1.54) is 0 Å². The van der Waals surface area contributed by atoms with Gasteiger partial charge in [-0.15, -0.1) is 6.58 Å². The van der Waals surface area contributed by atoms with E-state index in [-0.39, 0.29) is 0 Å². The molecule has 0 saturated carbocycles. The number of pyridine rings is 1. The second-order valence-corrected chi connectivity index (χ2v) is 4.88. The summed E-state index contributed by atoms with van der Waals surface area (Å²) in [6.07, 6.45) is 1.10. The number of aliphatic hydroxyl groups excluding tert-OH is 1. The van der Waals surface area contributed by atoms with Crippen molar-refractivity contribution in [2.24, 2.45) is 0 Å². The van der Waals surface area contributed by atoms with Crippen LogP contribution in [0, 0.1) is 6.92 Å². The van der Waals surface area contributed by atoms with Gasteiger partial charge in [0.25, 0.3) is 0 Å². The lowest BCUT2D eigenvalue weighted by atomic mass is 9.98. The van der Waals surface area contributed by atoms with E-state index < -0.39 is 6.10 Å². The van der Waals surface area contributed by atoms with Crippen LogP contribution < -0.4 is 0 Å². The van der Waals surface area contributed by atoms with Crippen molar-refractivity contribution >= 4 is 10.9 Å².